The molecule has 0 aliphatic heterocycles. The third-order valence-electron chi connectivity index (χ3n) is 7.37. The van der Waals surface area contributed by atoms with Crippen LogP contribution < -0.4 is 0 Å². The minimum atomic E-state index is -0.0868. The van der Waals surface area contributed by atoms with Crippen molar-refractivity contribution in [3.8, 4) is 0 Å². The van der Waals surface area contributed by atoms with E-state index >= 15 is 0 Å². The van der Waals surface area contributed by atoms with Gasteiger partial charge in [-0.2, -0.15) is 0 Å². The zero-order chi connectivity index (χ0) is 13.9. The molecule has 0 amide bonds. The Morgan fingerprint density at radius 2 is 1.90 bits per heavy atom. The van der Waals surface area contributed by atoms with Crippen molar-refractivity contribution in [2.45, 2.75) is 70.5 Å². The SMILES string of the molecule is C[C@]12CC[C@H]3[C@@H](CC=C4C[C@@H](O)CC[C@@H]43)[C@@H]1CC[C@@H]2O. The van der Waals surface area contributed by atoms with E-state index < -0.39 is 0 Å². The molecule has 3 fully saturated rings. The molecule has 4 aliphatic rings. The molecular formula is C18H28O2. The molecule has 4 rings (SSSR count). The zero-order valence-corrected chi connectivity index (χ0v) is 12.6. The molecule has 2 nitrogen and oxygen atoms in total. The van der Waals surface area contributed by atoms with Gasteiger partial charge in [0.1, 0.15) is 0 Å². The van der Waals surface area contributed by atoms with Crippen molar-refractivity contribution in [2.24, 2.45) is 29.1 Å². The monoisotopic (exact) mass is 276 g/mol. The average molecular weight is 276 g/mol. The summed E-state index contributed by atoms with van der Waals surface area (Å²) >= 11 is 0. The largest absolute Gasteiger partial charge is 0.393 e. The van der Waals surface area contributed by atoms with Crippen LogP contribution in [-0.2, 0) is 0 Å². The standard InChI is InChI=1S/C18H28O2/c1-18-9-8-14-13-5-3-12(19)10-11(13)2-4-15(14)16(18)6-7-17(18)20/h2,12-17,19-20H,3-10H2,1H3/t12-,13-,14+,15+,16-,17-,18-/m0/s1. The van der Waals surface area contributed by atoms with Crippen LogP contribution in [0.2, 0.25) is 0 Å². The Morgan fingerprint density at radius 3 is 2.75 bits per heavy atom. The summed E-state index contributed by atoms with van der Waals surface area (Å²) < 4.78 is 0. The molecule has 2 heteroatoms. The van der Waals surface area contributed by atoms with Gasteiger partial charge < -0.3 is 10.2 Å². The maximum atomic E-state index is 10.4. The lowest BCUT2D eigenvalue weighted by molar-refractivity contribution is -0.0499. The van der Waals surface area contributed by atoms with Crippen molar-refractivity contribution in [1.29, 1.82) is 0 Å². The molecule has 4 aliphatic carbocycles. The van der Waals surface area contributed by atoms with Gasteiger partial charge in [0.25, 0.3) is 0 Å². The zero-order valence-electron chi connectivity index (χ0n) is 12.6. The van der Waals surface area contributed by atoms with Gasteiger partial charge in [0.2, 0.25) is 0 Å². The van der Waals surface area contributed by atoms with Crippen LogP contribution in [0.15, 0.2) is 11.6 Å². The van der Waals surface area contributed by atoms with Crippen LogP contribution in [0.1, 0.15) is 58.3 Å². The Morgan fingerprint density at radius 1 is 1.05 bits per heavy atom. The molecule has 3 saturated carbocycles. The second kappa shape index (κ2) is 4.58. The maximum absolute atomic E-state index is 10.4. The highest BCUT2D eigenvalue weighted by molar-refractivity contribution is 5.20. The summed E-state index contributed by atoms with van der Waals surface area (Å²) in [5.74, 6) is 3.13. The quantitative estimate of drug-likeness (QED) is 0.667. The molecule has 0 saturated heterocycles. The first kappa shape index (κ1) is 13.3. The van der Waals surface area contributed by atoms with Crippen LogP contribution in [0, 0.1) is 29.1 Å². The summed E-state index contributed by atoms with van der Waals surface area (Å²) in [5, 5.41) is 20.3. The first-order chi connectivity index (χ1) is 9.59. The van der Waals surface area contributed by atoms with E-state index in [9.17, 15) is 10.2 Å². The van der Waals surface area contributed by atoms with E-state index in [0.717, 1.165) is 42.9 Å². The van der Waals surface area contributed by atoms with Gasteiger partial charge in [0.05, 0.1) is 12.2 Å². The van der Waals surface area contributed by atoms with Crippen molar-refractivity contribution < 1.29 is 10.2 Å². The topological polar surface area (TPSA) is 40.5 Å². The number of fused-ring (bicyclic) bond motifs is 5. The molecular weight excluding hydrogens is 248 g/mol. The van der Waals surface area contributed by atoms with E-state index in [1.54, 1.807) is 5.57 Å². The van der Waals surface area contributed by atoms with Crippen LogP contribution >= 0.6 is 0 Å². The highest BCUT2D eigenvalue weighted by Crippen LogP contribution is 2.61. The third-order valence-corrected chi connectivity index (χ3v) is 7.37. The third kappa shape index (κ3) is 1.77. The summed E-state index contributed by atoms with van der Waals surface area (Å²) in [6, 6.07) is 0. The molecule has 112 valence electrons. The minimum absolute atomic E-state index is 0.0630. The molecule has 7 atom stereocenters. The molecule has 0 aromatic heterocycles. The van der Waals surface area contributed by atoms with Gasteiger partial charge >= 0.3 is 0 Å². The van der Waals surface area contributed by atoms with E-state index in [0.29, 0.717) is 0 Å². The summed E-state index contributed by atoms with van der Waals surface area (Å²) in [7, 11) is 0. The normalized spacial score (nSPS) is 54.6. The summed E-state index contributed by atoms with van der Waals surface area (Å²) in [6.45, 7) is 2.34. The number of allylic oxidation sites excluding steroid dienone is 1. The summed E-state index contributed by atoms with van der Waals surface area (Å²) in [5.41, 5.74) is 1.76. The van der Waals surface area contributed by atoms with Gasteiger partial charge in [-0.25, -0.2) is 0 Å². The van der Waals surface area contributed by atoms with Gasteiger partial charge in [-0.05, 0) is 80.5 Å². The van der Waals surface area contributed by atoms with Crippen LogP contribution in [0.4, 0.5) is 0 Å². The molecule has 20 heavy (non-hydrogen) atoms. The Bertz CT molecular complexity index is 429. The van der Waals surface area contributed by atoms with Gasteiger partial charge in [-0.3, -0.25) is 0 Å². The Kier molecular flexibility index (Phi) is 3.05. The van der Waals surface area contributed by atoms with E-state index in [1.807, 2.05) is 0 Å². The highest BCUT2D eigenvalue weighted by Gasteiger charge is 2.55. The molecule has 0 unspecified atom stereocenters. The molecule has 0 aromatic rings. The molecule has 0 bridgehead atoms. The lowest BCUT2D eigenvalue weighted by Crippen LogP contribution is -2.47. The Balaban J connectivity index is 1.62. The van der Waals surface area contributed by atoms with Crippen molar-refractivity contribution in [3.05, 3.63) is 11.6 Å². The number of aliphatic hydroxyl groups is 2. The fourth-order valence-electron chi connectivity index (χ4n) is 6.22. The van der Waals surface area contributed by atoms with E-state index in [1.165, 1.54) is 32.1 Å². The lowest BCUT2D eigenvalue weighted by atomic mass is 9.53. The second-order valence-corrected chi connectivity index (χ2v) is 8.13. The van der Waals surface area contributed by atoms with Crippen molar-refractivity contribution in [2.75, 3.05) is 0 Å². The van der Waals surface area contributed by atoms with Crippen LogP contribution in [-0.4, -0.2) is 22.4 Å². The molecule has 0 radical (unpaired) electrons. The van der Waals surface area contributed by atoms with Crippen molar-refractivity contribution >= 4 is 0 Å². The van der Waals surface area contributed by atoms with E-state index in [2.05, 4.69) is 13.0 Å². The second-order valence-electron chi connectivity index (χ2n) is 8.13. The van der Waals surface area contributed by atoms with Gasteiger partial charge in [-0.15, -0.1) is 0 Å². The summed E-state index contributed by atoms with van der Waals surface area (Å²) in [4.78, 5) is 0. The first-order valence-electron chi connectivity index (χ1n) is 8.64. The predicted octanol–water partition coefficient (Wildman–Crippen LogP) is 3.28. The van der Waals surface area contributed by atoms with E-state index in [-0.39, 0.29) is 17.6 Å². The fourth-order valence-corrected chi connectivity index (χ4v) is 6.22. The Labute approximate surface area is 122 Å². The number of rotatable bonds is 0. The number of aliphatic hydroxyl groups excluding tert-OH is 2. The van der Waals surface area contributed by atoms with Gasteiger partial charge in [0.15, 0.2) is 0 Å². The van der Waals surface area contributed by atoms with Crippen LogP contribution in [0.25, 0.3) is 0 Å². The average Bonchev–Trinajstić information content (AvgIpc) is 2.74. The molecule has 0 heterocycles. The smallest absolute Gasteiger partial charge is 0.0596 e. The van der Waals surface area contributed by atoms with Crippen LogP contribution in [0.3, 0.4) is 0 Å². The van der Waals surface area contributed by atoms with Gasteiger partial charge in [0, 0.05) is 0 Å². The highest BCUT2D eigenvalue weighted by atomic mass is 16.3. The van der Waals surface area contributed by atoms with Gasteiger partial charge in [-0.1, -0.05) is 18.6 Å². The lowest BCUT2D eigenvalue weighted by Gasteiger charge is -2.53. The first-order valence-corrected chi connectivity index (χ1v) is 8.64. The molecule has 0 spiro atoms. The maximum Gasteiger partial charge on any atom is 0.0596 e. The fraction of sp³-hybridized carbons (Fsp3) is 0.889. The van der Waals surface area contributed by atoms with Crippen molar-refractivity contribution in [3.63, 3.8) is 0 Å². The number of hydrogen-bond acceptors (Lipinski definition) is 2. The molecule has 0 aromatic carbocycles. The van der Waals surface area contributed by atoms with Crippen molar-refractivity contribution in [1.82, 2.24) is 0 Å². The van der Waals surface area contributed by atoms with Crippen LogP contribution in [0.5, 0.6) is 0 Å². The summed E-state index contributed by atoms with van der Waals surface area (Å²) in [6.07, 6.45) is 11.4. The predicted molar refractivity (Wildman–Crippen MR) is 79.1 cm³/mol. The Hall–Kier alpha value is -0.340. The van der Waals surface area contributed by atoms with E-state index in [4.69, 9.17) is 0 Å². The molecule has 2 N–H and O–H groups in total. The number of hydrogen-bond donors (Lipinski definition) is 2. The minimum Gasteiger partial charge on any atom is -0.393 e.